The van der Waals surface area contributed by atoms with Crippen LogP contribution in [-0.2, 0) is 6.61 Å². The molecule has 0 spiro atoms. The van der Waals surface area contributed by atoms with Crippen LogP contribution in [-0.4, -0.2) is 26.8 Å². The van der Waals surface area contributed by atoms with E-state index in [9.17, 15) is 0 Å². The van der Waals surface area contributed by atoms with Crippen LogP contribution in [0.2, 0.25) is 0 Å². The van der Waals surface area contributed by atoms with E-state index in [0.29, 0.717) is 6.61 Å². The summed E-state index contributed by atoms with van der Waals surface area (Å²) in [5.74, 6) is 1.79. The standard InChI is InChI=1S/C62H42N4OSi/c1-3-19-46(20-4-1)68(47-21-5-2-6-22-47,48-23-15-17-42(37-48)43-33-35-59-54(38-43)63-62-41-67-61-32-14-13-31-60(61)66(59)62)49-24-16-18-44(39-49)64-57-30-12-9-27-52(57)53-40-45(34-36-58(53)64)65-55-28-10-7-25-50(55)51-26-8-11-29-56(51)65/h1-40H,41H2. The van der Waals surface area contributed by atoms with Crippen molar-refractivity contribution in [2.45, 2.75) is 6.61 Å². The van der Waals surface area contributed by atoms with Crippen LogP contribution in [0, 0.1) is 0 Å². The average Bonchev–Trinajstić information content (AvgIpc) is 4.07. The van der Waals surface area contributed by atoms with Crippen molar-refractivity contribution in [1.29, 1.82) is 0 Å². The van der Waals surface area contributed by atoms with E-state index in [1.165, 1.54) is 64.4 Å². The van der Waals surface area contributed by atoms with Crippen molar-refractivity contribution in [3.63, 3.8) is 0 Å². The highest BCUT2D eigenvalue weighted by Gasteiger charge is 2.42. The van der Waals surface area contributed by atoms with Gasteiger partial charge in [-0.3, -0.25) is 4.57 Å². The molecule has 0 N–H and O–H groups in total. The molecule has 0 saturated heterocycles. The van der Waals surface area contributed by atoms with Crippen LogP contribution in [0.1, 0.15) is 5.82 Å². The van der Waals surface area contributed by atoms with E-state index in [-0.39, 0.29) is 0 Å². The lowest BCUT2D eigenvalue weighted by Gasteiger charge is -2.35. The molecule has 1 aliphatic heterocycles. The molecule has 0 fully saturated rings. The maximum Gasteiger partial charge on any atom is 0.179 e. The molecule has 1 aliphatic rings. The van der Waals surface area contributed by atoms with Gasteiger partial charge in [-0.25, -0.2) is 4.98 Å². The van der Waals surface area contributed by atoms with E-state index in [1.54, 1.807) is 0 Å². The summed E-state index contributed by atoms with van der Waals surface area (Å²) < 4.78 is 13.2. The Balaban J connectivity index is 0.958. The van der Waals surface area contributed by atoms with E-state index in [0.717, 1.165) is 50.8 Å². The van der Waals surface area contributed by atoms with Gasteiger partial charge in [0.2, 0.25) is 0 Å². The van der Waals surface area contributed by atoms with E-state index < -0.39 is 8.07 Å². The Morgan fingerprint density at radius 3 is 1.56 bits per heavy atom. The Morgan fingerprint density at radius 1 is 0.353 bits per heavy atom. The summed E-state index contributed by atoms with van der Waals surface area (Å²) in [6.45, 7) is 0.441. The summed E-state index contributed by atoms with van der Waals surface area (Å²) in [7, 11) is -3.00. The monoisotopic (exact) mass is 886 g/mol. The number of benzene rings is 10. The number of fused-ring (bicyclic) bond motifs is 11. The van der Waals surface area contributed by atoms with Crippen LogP contribution in [0.5, 0.6) is 5.75 Å². The highest BCUT2D eigenvalue weighted by molar-refractivity contribution is 7.20. The first-order chi connectivity index (χ1) is 33.7. The molecule has 320 valence electrons. The molecule has 0 bridgehead atoms. The summed E-state index contributed by atoms with van der Waals surface area (Å²) in [5, 5.41) is 10.3. The first-order valence-corrected chi connectivity index (χ1v) is 25.3. The average molecular weight is 887 g/mol. The molecule has 0 saturated carbocycles. The predicted molar refractivity (Wildman–Crippen MR) is 283 cm³/mol. The largest absolute Gasteiger partial charge is 0.483 e. The van der Waals surface area contributed by atoms with Gasteiger partial charge in [-0.2, -0.15) is 0 Å². The minimum atomic E-state index is -3.00. The second-order valence-corrected chi connectivity index (χ2v) is 21.7. The number of ether oxygens (including phenoxy) is 1. The first-order valence-electron chi connectivity index (χ1n) is 23.3. The minimum Gasteiger partial charge on any atom is -0.483 e. The van der Waals surface area contributed by atoms with E-state index >= 15 is 0 Å². The van der Waals surface area contributed by atoms with Crippen LogP contribution in [0.3, 0.4) is 0 Å². The van der Waals surface area contributed by atoms with Gasteiger partial charge in [0.15, 0.2) is 13.9 Å². The number of rotatable bonds is 7. The fraction of sp³-hybridized carbons (Fsp3) is 0.0161. The Hall–Kier alpha value is -8.71. The second-order valence-electron chi connectivity index (χ2n) is 17.9. The van der Waals surface area contributed by atoms with Crippen molar-refractivity contribution in [3.8, 4) is 33.9 Å². The molecule has 68 heavy (non-hydrogen) atoms. The quantitative estimate of drug-likeness (QED) is 0.118. The normalized spacial score (nSPS) is 12.5. The molecule has 3 aromatic heterocycles. The molecule has 5 nitrogen and oxygen atoms in total. The lowest BCUT2D eigenvalue weighted by atomic mass is 10.1. The van der Waals surface area contributed by atoms with Crippen molar-refractivity contribution in [2.24, 2.45) is 0 Å². The smallest absolute Gasteiger partial charge is 0.179 e. The van der Waals surface area contributed by atoms with Crippen LogP contribution >= 0.6 is 0 Å². The highest BCUT2D eigenvalue weighted by atomic mass is 28.3. The third-order valence-corrected chi connectivity index (χ3v) is 19.0. The molecule has 6 heteroatoms. The lowest BCUT2D eigenvalue weighted by Crippen LogP contribution is -2.74. The summed E-state index contributed by atoms with van der Waals surface area (Å²) in [6, 6.07) is 89.4. The Bertz CT molecular complexity index is 4020. The van der Waals surface area contributed by atoms with Crippen LogP contribution < -0.4 is 25.5 Å². The van der Waals surface area contributed by atoms with E-state index in [2.05, 4.69) is 244 Å². The second kappa shape index (κ2) is 15.2. The molecule has 13 aromatic rings. The molecule has 10 aromatic carbocycles. The molecule has 0 atom stereocenters. The first kappa shape index (κ1) is 38.5. The highest BCUT2D eigenvalue weighted by Crippen LogP contribution is 2.38. The lowest BCUT2D eigenvalue weighted by molar-refractivity contribution is 0.280. The van der Waals surface area contributed by atoms with Gasteiger partial charge in [-0.05, 0) is 105 Å². The number of para-hydroxylation sites is 5. The Kier molecular flexibility index (Phi) is 8.60. The van der Waals surface area contributed by atoms with Gasteiger partial charge in [0.25, 0.3) is 0 Å². The zero-order valence-corrected chi connectivity index (χ0v) is 38.0. The number of imidazole rings is 1. The predicted octanol–water partition coefficient (Wildman–Crippen LogP) is 12.2. The number of hydrogen-bond donors (Lipinski definition) is 0. The summed E-state index contributed by atoms with van der Waals surface area (Å²) in [5.41, 5.74) is 12.4. The summed E-state index contributed by atoms with van der Waals surface area (Å²) in [4.78, 5) is 5.11. The molecular formula is C62H42N4OSi. The van der Waals surface area contributed by atoms with Crippen LogP contribution in [0.25, 0.3) is 82.8 Å². The maximum atomic E-state index is 6.11. The van der Waals surface area contributed by atoms with Crippen LogP contribution in [0.4, 0.5) is 0 Å². The zero-order valence-electron chi connectivity index (χ0n) is 37.0. The zero-order chi connectivity index (χ0) is 44.8. The van der Waals surface area contributed by atoms with Gasteiger partial charge >= 0.3 is 0 Å². The van der Waals surface area contributed by atoms with Crippen molar-refractivity contribution < 1.29 is 4.74 Å². The fourth-order valence-electron chi connectivity index (χ4n) is 11.3. The van der Waals surface area contributed by atoms with Crippen molar-refractivity contribution in [2.75, 3.05) is 0 Å². The Labute approximate surface area is 394 Å². The SMILES string of the molecule is c1ccc([Si](c2ccccc2)(c2cccc(-c3ccc4c(c3)nc3n4-c4ccccc4OC3)c2)c2cccc(-n3c4ccccc4c4cc(-n5c6ccccc6c6ccccc65)ccc43)c2)cc1. The van der Waals surface area contributed by atoms with E-state index in [1.807, 2.05) is 12.1 Å². The van der Waals surface area contributed by atoms with Crippen molar-refractivity contribution >= 4 is 83.5 Å². The minimum absolute atomic E-state index is 0.441. The molecule has 0 unspecified atom stereocenters. The van der Waals surface area contributed by atoms with Gasteiger partial charge in [0, 0.05) is 32.9 Å². The van der Waals surface area contributed by atoms with Gasteiger partial charge in [-0.1, -0.05) is 170 Å². The number of aromatic nitrogens is 4. The maximum absolute atomic E-state index is 6.11. The number of nitrogens with zero attached hydrogens (tertiary/aromatic N) is 4. The van der Waals surface area contributed by atoms with Gasteiger partial charge < -0.3 is 13.9 Å². The summed E-state index contributed by atoms with van der Waals surface area (Å²) >= 11 is 0. The molecule has 4 heterocycles. The van der Waals surface area contributed by atoms with Crippen molar-refractivity contribution in [1.82, 2.24) is 18.7 Å². The number of hydrogen-bond acceptors (Lipinski definition) is 2. The molecule has 0 aliphatic carbocycles. The third-order valence-electron chi connectivity index (χ3n) is 14.3. The van der Waals surface area contributed by atoms with Crippen LogP contribution in [0.15, 0.2) is 243 Å². The van der Waals surface area contributed by atoms with Gasteiger partial charge in [-0.15, -0.1) is 0 Å². The molecular weight excluding hydrogens is 845 g/mol. The molecule has 0 radical (unpaired) electrons. The topological polar surface area (TPSA) is 36.9 Å². The summed E-state index contributed by atoms with van der Waals surface area (Å²) in [6.07, 6.45) is 0. The fourth-order valence-corrected chi connectivity index (χ4v) is 16.2. The Morgan fingerprint density at radius 2 is 0.868 bits per heavy atom. The molecule has 14 rings (SSSR count). The third kappa shape index (κ3) is 5.71. The van der Waals surface area contributed by atoms with Crippen molar-refractivity contribution in [3.05, 3.63) is 248 Å². The van der Waals surface area contributed by atoms with Gasteiger partial charge in [0.05, 0.1) is 38.8 Å². The van der Waals surface area contributed by atoms with Gasteiger partial charge in [0.1, 0.15) is 12.4 Å². The van der Waals surface area contributed by atoms with E-state index in [4.69, 9.17) is 9.72 Å². The molecule has 0 amide bonds.